The van der Waals surface area contributed by atoms with Crippen LogP contribution in [-0.4, -0.2) is 11.2 Å². The zero-order chi connectivity index (χ0) is 11.4. The predicted octanol–water partition coefficient (Wildman–Crippen LogP) is 3.20. The van der Waals surface area contributed by atoms with Gasteiger partial charge in [0.05, 0.1) is 6.10 Å². The Labute approximate surface area is 103 Å². The normalized spacial score (nSPS) is 47.4. The molecular formula is C16H20O. The molecule has 0 radical (unpaired) electrons. The zero-order valence-electron chi connectivity index (χ0n) is 10.1. The minimum atomic E-state index is -0.0716. The van der Waals surface area contributed by atoms with Crippen molar-refractivity contribution in [2.24, 2.45) is 23.7 Å². The number of aliphatic hydroxyl groups is 1. The number of aliphatic hydroxyl groups excluding tert-OH is 1. The van der Waals surface area contributed by atoms with Gasteiger partial charge in [-0.3, -0.25) is 0 Å². The lowest BCUT2D eigenvalue weighted by Crippen LogP contribution is -2.27. The van der Waals surface area contributed by atoms with E-state index >= 15 is 0 Å². The molecule has 1 nitrogen and oxygen atoms in total. The van der Waals surface area contributed by atoms with E-state index in [1.54, 1.807) is 0 Å². The minimum Gasteiger partial charge on any atom is -0.392 e. The van der Waals surface area contributed by atoms with Gasteiger partial charge >= 0.3 is 0 Å². The van der Waals surface area contributed by atoms with Gasteiger partial charge in [-0.15, -0.1) is 0 Å². The van der Waals surface area contributed by atoms with E-state index in [0.717, 1.165) is 17.8 Å². The van der Waals surface area contributed by atoms with Crippen molar-refractivity contribution in [3.05, 3.63) is 35.9 Å². The molecule has 3 aliphatic rings. The molecule has 6 atom stereocenters. The van der Waals surface area contributed by atoms with Crippen molar-refractivity contribution < 1.29 is 5.11 Å². The fourth-order valence-corrected chi connectivity index (χ4v) is 5.07. The molecule has 0 amide bonds. The minimum absolute atomic E-state index is 0.0716. The van der Waals surface area contributed by atoms with Gasteiger partial charge in [0.15, 0.2) is 0 Å². The van der Waals surface area contributed by atoms with E-state index in [-0.39, 0.29) is 6.10 Å². The van der Waals surface area contributed by atoms with Gasteiger partial charge in [0.1, 0.15) is 0 Å². The zero-order valence-corrected chi connectivity index (χ0v) is 10.1. The monoisotopic (exact) mass is 228 g/mol. The maximum Gasteiger partial charge on any atom is 0.0642 e. The van der Waals surface area contributed by atoms with E-state index in [1.807, 2.05) is 0 Å². The van der Waals surface area contributed by atoms with Gasteiger partial charge < -0.3 is 5.11 Å². The summed E-state index contributed by atoms with van der Waals surface area (Å²) in [6.45, 7) is 0. The van der Waals surface area contributed by atoms with Crippen LogP contribution in [0.2, 0.25) is 0 Å². The lowest BCUT2D eigenvalue weighted by atomic mass is 9.81. The molecule has 1 unspecified atom stereocenters. The molecule has 90 valence electrons. The third-order valence-corrected chi connectivity index (χ3v) is 5.72. The van der Waals surface area contributed by atoms with E-state index in [4.69, 9.17) is 0 Å². The highest BCUT2D eigenvalue weighted by molar-refractivity contribution is 5.24. The lowest BCUT2D eigenvalue weighted by Gasteiger charge is -2.26. The Bertz CT molecular complexity index is 413. The molecule has 1 aromatic rings. The van der Waals surface area contributed by atoms with Crippen LogP contribution in [0.1, 0.15) is 37.2 Å². The molecule has 0 saturated heterocycles. The smallest absolute Gasteiger partial charge is 0.0642 e. The summed E-state index contributed by atoms with van der Waals surface area (Å²) in [7, 11) is 0. The fraction of sp³-hybridized carbons (Fsp3) is 0.625. The summed E-state index contributed by atoms with van der Waals surface area (Å²) in [5.41, 5.74) is 1.36. The largest absolute Gasteiger partial charge is 0.392 e. The van der Waals surface area contributed by atoms with E-state index in [2.05, 4.69) is 30.3 Å². The highest BCUT2D eigenvalue weighted by atomic mass is 16.3. The first-order valence-corrected chi connectivity index (χ1v) is 7.07. The summed E-state index contributed by atoms with van der Waals surface area (Å²) in [6, 6.07) is 10.7. The number of hydrogen-bond donors (Lipinski definition) is 1. The maximum atomic E-state index is 10.6. The van der Waals surface area contributed by atoms with Gasteiger partial charge in [0.25, 0.3) is 0 Å². The summed E-state index contributed by atoms with van der Waals surface area (Å²) in [4.78, 5) is 0. The van der Waals surface area contributed by atoms with Crippen LogP contribution < -0.4 is 0 Å². The summed E-state index contributed by atoms with van der Waals surface area (Å²) < 4.78 is 0. The summed E-state index contributed by atoms with van der Waals surface area (Å²) in [5, 5.41) is 10.6. The fourth-order valence-electron chi connectivity index (χ4n) is 5.07. The molecule has 3 fully saturated rings. The van der Waals surface area contributed by atoms with Crippen molar-refractivity contribution in [1.29, 1.82) is 0 Å². The van der Waals surface area contributed by atoms with Crippen molar-refractivity contribution in [2.45, 2.75) is 37.7 Å². The van der Waals surface area contributed by atoms with Gasteiger partial charge in [-0.05, 0) is 54.9 Å². The second-order valence-electron chi connectivity index (χ2n) is 6.32. The average molecular weight is 228 g/mol. The van der Waals surface area contributed by atoms with Crippen LogP contribution in [0.5, 0.6) is 0 Å². The van der Waals surface area contributed by atoms with Crippen LogP contribution >= 0.6 is 0 Å². The highest BCUT2D eigenvalue weighted by Gasteiger charge is 2.56. The van der Waals surface area contributed by atoms with Gasteiger partial charge in [-0.1, -0.05) is 30.3 Å². The van der Waals surface area contributed by atoms with Crippen molar-refractivity contribution in [1.82, 2.24) is 0 Å². The second-order valence-corrected chi connectivity index (χ2v) is 6.32. The molecule has 0 aromatic heterocycles. The molecule has 1 heteroatoms. The Balaban J connectivity index is 1.65. The number of fused-ring (bicyclic) bond motifs is 5. The summed E-state index contributed by atoms with van der Waals surface area (Å²) in [6.07, 6.45) is 5.38. The molecule has 4 rings (SSSR count). The highest BCUT2D eigenvalue weighted by Crippen LogP contribution is 2.61. The van der Waals surface area contributed by atoms with Crippen LogP contribution in [-0.2, 0) is 0 Å². The van der Waals surface area contributed by atoms with Gasteiger partial charge in [-0.25, -0.2) is 0 Å². The number of benzene rings is 1. The summed E-state index contributed by atoms with van der Waals surface area (Å²) in [5.74, 6) is 3.64. The van der Waals surface area contributed by atoms with Gasteiger partial charge in [-0.2, -0.15) is 0 Å². The Morgan fingerprint density at radius 3 is 2.47 bits per heavy atom. The lowest BCUT2D eigenvalue weighted by molar-refractivity contribution is 0.0765. The Morgan fingerprint density at radius 2 is 1.71 bits per heavy atom. The van der Waals surface area contributed by atoms with Crippen molar-refractivity contribution in [3.8, 4) is 0 Å². The van der Waals surface area contributed by atoms with E-state index in [1.165, 1.54) is 31.2 Å². The average Bonchev–Trinajstić information content (AvgIpc) is 3.03. The standard InChI is InChI=1S/C16H20O/c17-16-14(10-4-2-1-3-5-10)9-13-11-6-7-12(8-11)15(13)16/h1-5,11-17H,6-9H2/t11-,12+,13+,14-,15-,16?/m1/s1. The van der Waals surface area contributed by atoms with E-state index < -0.39 is 0 Å². The molecule has 1 aromatic carbocycles. The number of hydrogen-bond acceptors (Lipinski definition) is 1. The molecule has 3 aliphatic carbocycles. The predicted molar refractivity (Wildman–Crippen MR) is 67.6 cm³/mol. The van der Waals surface area contributed by atoms with Crippen LogP contribution in [0.15, 0.2) is 30.3 Å². The molecule has 0 aliphatic heterocycles. The summed E-state index contributed by atoms with van der Waals surface area (Å²) >= 11 is 0. The molecular weight excluding hydrogens is 208 g/mol. The van der Waals surface area contributed by atoms with Gasteiger partial charge in [0, 0.05) is 5.92 Å². The molecule has 17 heavy (non-hydrogen) atoms. The number of rotatable bonds is 1. The molecule has 2 bridgehead atoms. The third-order valence-electron chi connectivity index (χ3n) is 5.72. The second kappa shape index (κ2) is 3.58. The molecule has 1 N–H and O–H groups in total. The molecule has 0 spiro atoms. The first-order valence-electron chi connectivity index (χ1n) is 7.07. The first-order chi connectivity index (χ1) is 8.34. The SMILES string of the molecule is OC1[C@@H]2[C@H]3CC[C@H](C3)[C@@H]2C[C@@H]1c1ccccc1. The van der Waals surface area contributed by atoms with E-state index in [0.29, 0.717) is 11.8 Å². The first kappa shape index (κ1) is 10.1. The molecule has 3 saturated carbocycles. The molecule has 0 heterocycles. The Hall–Kier alpha value is -0.820. The Morgan fingerprint density at radius 1 is 0.941 bits per heavy atom. The van der Waals surface area contributed by atoms with Crippen LogP contribution in [0.3, 0.4) is 0 Å². The van der Waals surface area contributed by atoms with Crippen LogP contribution in [0.25, 0.3) is 0 Å². The Kier molecular flexibility index (Phi) is 2.14. The maximum absolute atomic E-state index is 10.6. The van der Waals surface area contributed by atoms with Crippen molar-refractivity contribution in [2.75, 3.05) is 0 Å². The van der Waals surface area contributed by atoms with Crippen molar-refractivity contribution >= 4 is 0 Å². The van der Waals surface area contributed by atoms with Gasteiger partial charge in [0.2, 0.25) is 0 Å². The third kappa shape index (κ3) is 1.35. The van der Waals surface area contributed by atoms with Crippen LogP contribution in [0.4, 0.5) is 0 Å². The topological polar surface area (TPSA) is 20.2 Å². The quantitative estimate of drug-likeness (QED) is 0.782. The van der Waals surface area contributed by atoms with E-state index in [9.17, 15) is 5.11 Å². The van der Waals surface area contributed by atoms with Crippen LogP contribution in [0, 0.1) is 23.7 Å². The van der Waals surface area contributed by atoms with Crippen molar-refractivity contribution in [3.63, 3.8) is 0 Å².